The lowest BCUT2D eigenvalue weighted by Gasteiger charge is -2.07. The van der Waals surface area contributed by atoms with Crippen molar-refractivity contribution in [2.75, 3.05) is 0 Å². The lowest BCUT2D eigenvalue weighted by atomic mass is 10.1. The van der Waals surface area contributed by atoms with Gasteiger partial charge < -0.3 is 5.11 Å². The van der Waals surface area contributed by atoms with Crippen molar-refractivity contribution < 1.29 is 18.7 Å². The van der Waals surface area contributed by atoms with Gasteiger partial charge in [0.2, 0.25) is 0 Å². The minimum absolute atomic E-state index is 0.114. The normalized spacial score (nSPS) is 10.1. The van der Waals surface area contributed by atoms with Gasteiger partial charge in [-0.05, 0) is 18.6 Å². The van der Waals surface area contributed by atoms with Crippen LogP contribution in [0.15, 0.2) is 6.07 Å². The zero-order chi connectivity index (χ0) is 11.6. The number of hydrogen-bond donors (Lipinski definition) is 1. The Morgan fingerprint density at radius 3 is 2.67 bits per heavy atom. The largest absolute Gasteiger partial charge is 0.477 e. The molecule has 0 fully saturated rings. The van der Waals surface area contributed by atoms with E-state index in [1.54, 1.807) is 0 Å². The highest BCUT2D eigenvalue weighted by Crippen LogP contribution is 2.24. The molecule has 0 saturated carbocycles. The Morgan fingerprint density at radius 1 is 1.67 bits per heavy atom. The molecule has 0 amide bonds. The number of carboxylic acids is 1. The summed E-state index contributed by atoms with van der Waals surface area (Å²) in [6.07, 6.45) is -2.82. The van der Waals surface area contributed by atoms with Crippen molar-refractivity contribution in [1.29, 1.82) is 5.26 Å². The molecule has 0 radical (unpaired) electrons. The minimum atomic E-state index is -2.82. The van der Waals surface area contributed by atoms with E-state index in [-0.39, 0.29) is 11.3 Å². The summed E-state index contributed by atoms with van der Waals surface area (Å²) in [4.78, 5) is 14.1. The number of carboxylic acid groups (broad SMARTS) is 1. The number of aromatic nitrogens is 1. The van der Waals surface area contributed by atoms with Gasteiger partial charge in [-0.25, -0.2) is 18.6 Å². The molecule has 1 heterocycles. The first-order valence-corrected chi connectivity index (χ1v) is 3.90. The topological polar surface area (TPSA) is 74.0 Å². The van der Waals surface area contributed by atoms with E-state index in [4.69, 9.17) is 10.4 Å². The number of rotatable bonds is 2. The van der Waals surface area contributed by atoms with Crippen LogP contribution < -0.4 is 0 Å². The lowest BCUT2D eigenvalue weighted by molar-refractivity contribution is 0.0688. The highest BCUT2D eigenvalue weighted by Gasteiger charge is 2.19. The van der Waals surface area contributed by atoms with Crippen LogP contribution in [0.25, 0.3) is 0 Å². The van der Waals surface area contributed by atoms with E-state index in [2.05, 4.69) is 4.98 Å². The standard InChI is InChI=1S/C9H6F2N2O2/c1-4-6(8(10)11)2-5(3-12)13-7(4)9(14)15/h2,8H,1H3,(H,14,15). The molecular formula is C9H6F2N2O2. The minimum Gasteiger partial charge on any atom is -0.477 e. The molecule has 1 aromatic heterocycles. The third-order valence-corrected chi connectivity index (χ3v) is 1.86. The molecule has 78 valence electrons. The fraction of sp³-hybridized carbons (Fsp3) is 0.222. The first kappa shape index (κ1) is 11.0. The predicted molar refractivity (Wildman–Crippen MR) is 45.6 cm³/mol. The molecule has 4 nitrogen and oxygen atoms in total. The van der Waals surface area contributed by atoms with Gasteiger partial charge in [-0.3, -0.25) is 0 Å². The van der Waals surface area contributed by atoms with E-state index in [1.165, 1.54) is 13.0 Å². The van der Waals surface area contributed by atoms with Crippen molar-refractivity contribution in [1.82, 2.24) is 4.98 Å². The maximum Gasteiger partial charge on any atom is 0.354 e. The zero-order valence-electron chi connectivity index (χ0n) is 7.66. The van der Waals surface area contributed by atoms with Crippen LogP contribution in [0.4, 0.5) is 8.78 Å². The number of carbonyl (C=O) groups is 1. The van der Waals surface area contributed by atoms with Gasteiger partial charge >= 0.3 is 5.97 Å². The number of nitriles is 1. The summed E-state index contributed by atoms with van der Waals surface area (Å²) in [5.74, 6) is -1.42. The number of hydrogen-bond acceptors (Lipinski definition) is 3. The Bertz CT molecular complexity index is 452. The van der Waals surface area contributed by atoms with Gasteiger partial charge in [0, 0.05) is 5.56 Å². The second kappa shape index (κ2) is 4.00. The van der Waals surface area contributed by atoms with Crippen molar-refractivity contribution in [3.05, 3.63) is 28.6 Å². The van der Waals surface area contributed by atoms with Gasteiger partial charge in [-0.2, -0.15) is 5.26 Å². The number of halogens is 2. The molecule has 1 rings (SSSR count). The Morgan fingerprint density at radius 2 is 2.27 bits per heavy atom. The first-order valence-electron chi connectivity index (χ1n) is 3.90. The van der Waals surface area contributed by atoms with Crippen LogP contribution in [-0.2, 0) is 0 Å². The third kappa shape index (κ3) is 2.07. The Hall–Kier alpha value is -2.03. The van der Waals surface area contributed by atoms with Gasteiger partial charge in [-0.1, -0.05) is 0 Å². The second-order valence-electron chi connectivity index (χ2n) is 2.79. The van der Waals surface area contributed by atoms with Crippen LogP contribution >= 0.6 is 0 Å². The molecule has 0 atom stereocenters. The number of alkyl halides is 2. The fourth-order valence-electron chi connectivity index (χ4n) is 1.12. The molecule has 0 saturated heterocycles. The number of nitrogens with zero attached hydrogens (tertiary/aromatic N) is 2. The summed E-state index contributed by atoms with van der Waals surface area (Å²) in [5, 5.41) is 17.2. The summed E-state index contributed by atoms with van der Waals surface area (Å²) in [5.41, 5.74) is -1.42. The van der Waals surface area contributed by atoms with Gasteiger partial charge in [-0.15, -0.1) is 0 Å². The van der Waals surface area contributed by atoms with Crippen molar-refractivity contribution in [3.63, 3.8) is 0 Å². The fourth-order valence-corrected chi connectivity index (χ4v) is 1.12. The average Bonchev–Trinajstić information content (AvgIpc) is 2.17. The average molecular weight is 212 g/mol. The van der Waals surface area contributed by atoms with Gasteiger partial charge in [0.05, 0.1) is 0 Å². The Kier molecular flexibility index (Phi) is 2.95. The smallest absolute Gasteiger partial charge is 0.354 e. The van der Waals surface area contributed by atoms with Crippen LogP contribution in [0.5, 0.6) is 0 Å². The summed E-state index contributed by atoms with van der Waals surface area (Å²) in [6.45, 7) is 1.24. The highest BCUT2D eigenvalue weighted by atomic mass is 19.3. The van der Waals surface area contributed by atoms with E-state index in [1.807, 2.05) is 0 Å². The summed E-state index contributed by atoms with van der Waals surface area (Å²) < 4.78 is 24.9. The van der Waals surface area contributed by atoms with Crippen molar-refractivity contribution in [3.8, 4) is 6.07 Å². The van der Waals surface area contributed by atoms with E-state index in [0.717, 1.165) is 6.07 Å². The summed E-state index contributed by atoms with van der Waals surface area (Å²) in [6, 6.07) is 2.43. The molecule has 6 heteroatoms. The molecule has 0 aliphatic rings. The monoisotopic (exact) mass is 212 g/mol. The third-order valence-electron chi connectivity index (χ3n) is 1.86. The Balaban J connectivity index is 3.49. The molecule has 0 spiro atoms. The molecule has 1 aromatic rings. The predicted octanol–water partition coefficient (Wildman–Crippen LogP) is 1.90. The summed E-state index contributed by atoms with van der Waals surface area (Å²) >= 11 is 0. The molecular weight excluding hydrogens is 206 g/mol. The van der Waals surface area contributed by atoms with Crippen LogP contribution in [0.1, 0.15) is 33.7 Å². The second-order valence-corrected chi connectivity index (χ2v) is 2.79. The molecule has 1 N–H and O–H groups in total. The maximum absolute atomic E-state index is 12.5. The zero-order valence-corrected chi connectivity index (χ0v) is 7.66. The van der Waals surface area contributed by atoms with Crippen LogP contribution in [-0.4, -0.2) is 16.1 Å². The van der Waals surface area contributed by atoms with Gasteiger partial charge in [0.15, 0.2) is 5.69 Å². The van der Waals surface area contributed by atoms with Gasteiger partial charge in [0.25, 0.3) is 6.43 Å². The SMILES string of the molecule is Cc1c(C(F)F)cc(C#N)nc1C(=O)O. The van der Waals surface area contributed by atoms with E-state index in [0.29, 0.717) is 0 Å². The first-order chi connectivity index (χ1) is 6.97. The summed E-state index contributed by atoms with van der Waals surface area (Å²) in [7, 11) is 0. The molecule has 0 bridgehead atoms. The molecule has 0 aliphatic carbocycles. The highest BCUT2D eigenvalue weighted by molar-refractivity contribution is 5.87. The molecule has 0 aromatic carbocycles. The number of aromatic carboxylic acids is 1. The van der Waals surface area contributed by atoms with Crippen LogP contribution in [0.2, 0.25) is 0 Å². The molecule has 0 aliphatic heterocycles. The van der Waals surface area contributed by atoms with Gasteiger partial charge in [0.1, 0.15) is 11.8 Å². The quantitative estimate of drug-likeness (QED) is 0.812. The number of pyridine rings is 1. The van der Waals surface area contributed by atoms with Crippen molar-refractivity contribution in [2.45, 2.75) is 13.3 Å². The van der Waals surface area contributed by atoms with Crippen LogP contribution in [0, 0.1) is 18.3 Å². The van der Waals surface area contributed by atoms with E-state index >= 15 is 0 Å². The molecule has 15 heavy (non-hydrogen) atoms. The Labute approximate surface area is 83.8 Å². The van der Waals surface area contributed by atoms with Crippen molar-refractivity contribution in [2.24, 2.45) is 0 Å². The van der Waals surface area contributed by atoms with E-state index in [9.17, 15) is 13.6 Å². The molecule has 0 unspecified atom stereocenters. The maximum atomic E-state index is 12.5. The van der Waals surface area contributed by atoms with Crippen LogP contribution in [0.3, 0.4) is 0 Å². The lowest BCUT2D eigenvalue weighted by Crippen LogP contribution is -2.08. The van der Waals surface area contributed by atoms with E-state index < -0.39 is 23.7 Å². The van der Waals surface area contributed by atoms with Crippen molar-refractivity contribution >= 4 is 5.97 Å².